The molecule has 0 aliphatic carbocycles. The summed E-state index contributed by atoms with van der Waals surface area (Å²) in [5.74, 6) is 1.66. The predicted octanol–water partition coefficient (Wildman–Crippen LogP) is 3.49. The Balaban J connectivity index is 1.44. The highest BCUT2D eigenvalue weighted by Gasteiger charge is 2.35. The van der Waals surface area contributed by atoms with E-state index >= 15 is 0 Å². The Bertz CT molecular complexity index is 717. The molecule has 1 unspecified atom stereocenters. The summed E-state index contributed by atoms with van der Waals surface area (Å²) in [5.41, 5.74) is 0.995. The summed E-state index contributed by atoms with van der Waals surface area (Å²) >= 11 is 1.71. The molecular formula is C19H22N2O2S. The zero-order chi connectivity index (χ0) is 16.5. The van der Waals surface area contributed by atoms with Crippen LogP contribution in [0, 0.1) is 5.92 Å². The number of hydrogen-bond acceptors (Lipinski definition) is 4. The van der Waals surface area contributed by atoms with Crippen LogP contribution in [-0.4, -0.2) is 42.7 Å². The Labute approximate surface area is 146 Å². The highest BCUT2D eigenvalue weighted by Crippen LogP contribution is 2.28. The SMILES string of the molecule is CSc1ccc(-c2ccc(C(=O)NC3CN4CCC3CC4)o2)cc1. The van der Waals surface area contributed by atoms with Gasteiger partial charge in [0.05, 0.1) is 0 Å². The normalized spacial score (nSPS) is 25.6. The second-order valence-corrected chi connectivity index (χ2v) is 7.49. The van der Waals surface area contributed by atoms with Crippen LogP contribution in [0.1, 0.15) is 23.4 Å². The third kappa shape index (κ3) is 3.10. The van der Waals surface area contributed by atoms with Crippen molar-refractivity contribution in [1.82, 2.24) is 10.2 Å². The second kappa shape index (κ2) is 6.65. The van der Waals surface area contributed by atoms with E-state index in [1.165, 1.54) is 30.8 Å². The van der Waals surface area contributed by atoms with Crippen LogP contribution in [-0.2, 0) is 0 Å². The van der Waals surface area contributed by atoms with E-state index in [0.29, 0.717) is 11.7 Å². The Morgan fingerprint density at radius 1 is 1.17 bits per heavy atom. The molecule has 5 heteroatoms. The molecule has 3 aliphatic rings. The lowest BCUT2D eigenvalue weighted by Crippen LogP contribution is -2.57. The van der Waals surface area contributed by atoms with Crippen molar-refractivity contribution in [2.75, 3.05) is 25.9 Å². The first kappa shape index (κ1) is 15.8. The van der Waals surface area contributed by atoms with Gasteiger partial charge in [-0.25, -0.2) is 0 Å². The van der Waals surface area contributed by atoms with E-state index in [2.05, 4.69) is 28.6 Å². The van der Waals surface area contributed by atoms with Crippen molar-refractivity contribution in [2.45, 2.75) is 23.8 Å². The largest absolute Gasteiger partial charge is 0.451 e. The number of nitrogens with zero attached hydrogens (tertiary/aromatic N) is 1. The van der Waals surface area contributed by atoms with Crippen molar-refractivity contribution in [3.63, 3.8) is 0 Å². The van der Waals surface area contributed by atoms with Gasteiger partial charge in [-0.1, -0.05) is 12.1 Å². The number of carbonyl (C=O) groups is 1. The lowest BCUT2D eigenvalue weighted by atomic mass is 9.84. The molecule has 24 heavy (non-hydrogen) atoms. The Kier molecular flexibility index (Phi) is 4.37. The fourth-order valence-electron chi connectivity index (χ4n) is 3.74. The van der Waals surface area contributed by atoms with Crippen LogP contribution in [0.3, 0.4) is 0 Å². The van der Waals surface area contributed by atoms with Gasteiger partial charge in [-0.2, -0.15) is 0 Å². The molecular weight excluding hydrogens is 320 g/mol. The third-order valence-electron chi connectivity index (χ3n) is 5.18. The first-order chi connectivity index (χ1) is 11.7. The molecule has 2 aromatic rings. The van der Waals surface area contributed by atoms with E-state index in [-0.39, 0.29) is 11.9 Å². The summed E-state index contributed by atoms with van der Waals surface area (Å²) in [6.07, 6.45) is 4.44. The smallest absolute Gasteiger partial charge is 0.287 e. The predicted molar refractivity (Wildman–Crippen MR) is 96.3 cm³/mol. The minimum Gasteiger partial charge on any atom is -0.451 e. The number of amides is 1. The second-order valence-electron chi connectivity index (χ2n) is 6.61. The first-order valence-electron chi connectivity index (χ1n) is 8.50. The van der Waals surface area contributed by atoms with E-state index in [1.807, 2.05) is 18.2 Å². The number of carbonyl (C=O) groups excluding carboxylic acids is 1. The molecule has 1 aromatic carbocycles. The summed E-state index contributed by atoms with van der Waals surface area (Å²) in [6.45, 7) is 3.32. The monoisotopic (exact) mass is 342 g/mol. The standard InChI is InChI=1S/C19H22N2O2S/c1-24-15-4-2-14(3-5-15)17-6-7-18(23-17)19(22)20-16-12-21-10-8-13(16)9-11-21/h2-7,13,16H,8-12H2,1H3,(H,20,22). The highest BCUT2D eigenvalue weighted by atomic mass is 32.2. The van der Waals surface area contributed by atoms with Gasteiger partial charge < -0.3 is 14.6 Å². The van der Waals surface area contributed by atoms with Gasteiger partial charge in [0.2, 0.25) is 0 Å². The topological polar surface area (TPSA) is 45.5 Å². The molecule has 1 N–H and O–H groups in total. The molecule has 3 saturated heterocycles. The number of piperidine rings is 3. The maximum atomic E-state index is 12.5. The van der Waals surface area contributed by atoms with Crippen molar-refractivity contribution in [3.8, 4) is 11.3 Å². The van der Waals surface area contributed by atoms with Gasteiger partial charge in [0.25, 0.3) is 5.91 Å². The fourth-order valence-corrected chi connectivity index (χ4v) is 4.15. The van der Waals surface area contributed by atoms with Gasteiger partial charge in [-0.05, 0) is 62.4 Å². The van der Waals surface area contributed by atoms with Crippen LogP contribution >= 0.6 is 11.8 Å². The van der Waals surface area contributed by atoms with Gasteiger partial charge >= 0.3 is 0 Å². The van der Waals surface area contributed by atoms with Gasteiger partial charge in [0.1, 0.15) is 5.76 Å². The molecule has 2 bridgehead atoms. The maximum Gasteiger partial charge on any atom is 0.287 e. The van der Waals surface area contributed by atoms with Crippen LogP contribution in [0.2, 0.25) is 0 Å². The molecule has 0 saturated carbocycles. The number of thioether (sulfide) groups is 1. The summed E-state index contributed by atoms with van der Waals surface area (Å²) in [4.78, 5) is 16.2. The van der Waals surface area contributed by atoms with Crippen LogP contribution in [0.15, 0.2) is 45.7 Å². The average Bonchev–Trinajstić information content (AvgIpc) is 3.13. The molecule has 0 spiro atoms. The first-order valence-corrected chi connectivity index (χ1v) is 9.73. The summed E-state index contributed by atoms with van der Waals surface area (Å²) in [5, 5.41) is 3.17. The van der Waals surface area contributed by atoms with Crippen molar-refractivity contribution in [1.29, 1.82) is 0 Å². The molecule has 0 radical (unpaired) electrons. The summed E-state index contributed by atoms with van der Waals surface area (Å²) < 4.78 is 5.79. The third-order valence-corrected chi connectivity index (χ3v) is 5.92. The molecule has 3 aliphatic heterocycles. The Morgan fingerprint density at radius 2 is 1.92 bits per heavy atom. The number of fused-ring (bicyclic) bond motifs is 3. The minimum absolute atomic E-state index is 0.0965. The van der Waals surface area contributed by atoms with E-state index in [0.717, 1.165) is 17.9 Å². The fraction of sp³-hybridized carbons (Fsp3) is 0.421. The van der Waals surface area contributed by atoms with Crippen molar-refractivity contribution < 1.29 is 9.21 Å². The van der Waals surface area contributed by atoms with Crippen molar-refractivity contribution in [3.05, 3.63) is 42.2 Å². The highest BCUT2D eigenvalue weighted by molar-refractivity contribution is 7.98. The lowest BCUT2D eigenvalue weighted by molar-refractivity contribution is 0.0606. The van der Waals surface area contributed by atoms with E-state index in [1.54, 1.807) is 17.8 Å². The summed E-state index contributed by atoms with van der Waals surface area (Å²) in [6, 6.07) is 12.1. The van der Waals surface area contributed by atoms with E-state index < -0.39 is 0 Å². The lowest BCUT2D eigenvalue weighted by Gasteiger charge is -2.44. The molecule has 3 fully saturated rings. The number of rotatable bonds is 4. The van der Waals surface area contributed by atoms with Gasteiger partial charge in [-0.15, -0.1) is 11.8 Å². The zero-order valence-electron chi connectivity index (χ0n) is 13.8. The number of benzene rings is 1. The molecule has 1 amide bonds. The molecule has 4 heterocycles. The quantitative estimate of drug-likeness (QED) is 0.864. The van der Waals surface area contributed by atoms with Crippen LogP contribution in [0.4, 0.5) is 0 Å². The Morgan fingerprint density at radius 3 is 2.54 bits per heavy atom. The van der Waals surface area contributed by atoms with Crippen molar-refractivity contribution in [2.24, 2.45) is 5.92 Å². The maximum absolute atomic E-state index is 12.5. The molecule has 5 rings (SSSR count). The van der Waals surface area contributed by atoms with Crippen LogP contribution in [0.5, 0.6) is 0 Å². The number of furan rings is 1. The van der Waals surface area contributed by atoms with Crippen LogP contribution in [0.25, 0.3) is 11.3 Å². The van der Waals surface area contributed by atoms with Gasteiger partial charge in [0.15, 0.2) is 5.76 Å². The van der Waals surface area contributed by atoms with Crippen LogP contribution < -0.4 is 5.32 Å². The van der Waals surface area contributed by atoms with E-state index in [9.17, 15) is 4.79 Å². The molecule has 4 nitrogen and oxygen atoms in total. The van der Waals surface area contributed by atoms with Crippen molar-refractivity contribution >= 4 is 17.7 Å². The average molecular weight is 342 g/mol. The minimum atomic E-state index is -0.0965. The summed E-state index contributed by atoms with van der Waals surface area (Å²) in [7, 11) is 0. The van der Waals surface area contributed by atoms with Gasteiger partial charge in [-0.3, -0.25) is 4.79 Å². The number of hydrogen-bond donors (Lipinski definition) is 1. The molecule has 126 valence electrons. The van der Waals surface area contributed by atoms with E-state index in [4.69, 9.17) is 4.42 Å². The number of nitrogens with one attached hydrogen (secondary N) is 1. The molecule has 1 atom stereocenters. The molecule has 1 aromatic heterocycles. The van der Waals surface area contributed by atoms with Gasteiger partial charge in [0, 0.05) is 23.0 Å². The zero-order valence-corrected chi connectivity index (χ0v) is 14.6. The Hall–Kier alpha value is -1.72.